The highest BCUT2D eigenvalue weighted by atomic mass is 32.2. The average Bonchev–Trinajstić information content (AvgIpc) is 2.93. The Morgan fingerprint density at radius 2 is 2.09 bits per heavy atom. The summed E-state index contributed by atoms with van der Waals surface area (Å²) in [5.74, 6) is 1.61. The molecule has 0 saturated carbocycles. The van der Waals surface area contributed by atoms with Crippen LogP contribution in [0.25, 0.3) is 0 Å². The van der Waals surface area contributed by atoms with Gasteiger partial charge in [-0.2, -0.15) is 5.10 Å². The van der Waals surface area contributed by atoms with E-state index in [0.29, 0.717) is 6.54 Å². The second kappa shape index (κ2) is 7.84. The summed E-state index contributed by atoms with van der Waals surface area (Å²) in [6.45, 7) is 3.42. The molecule has 118 valence electrons. The molecule has 0 amide bonds. The Kier molecular flexibility index (Phi) is 5.83. The molecule has 1 aromatic carbocycles. The highest BCUT2D eigenvalue weighted by molar-refractivity contribution is 7.98. The smallest absolute Gasteiger partial charge is 0.191 e. The van der Waals surface area contributed by atoms with Gasteiger partial charge in [0.25, 0.3) is 0 Å². The molecule has 0 bridgehead atoms. The average molecular weight is 318 g/mol. The van der Waals surface area contributed by atoms with Gasteiger partial charge < -0.3 is 10.6 Å². The van der Waals surface area contributed by atoms with Crippen molar-refractivity contribution in [3.8, 4) is 0 Å². The highest BCUT2D eigenvalue weighted by Crippen LogP contribution is 2.21. The molecule has 2 rings (SSSR count). The van der Waals surface area contributed by atoms with E-state index in [2.05, 4.69) is 57.1 Å². The lowest BCUT2D eigenvalue weighted by atomic mass is 10.1. The van der Waals surface area contributed by atoms with Gasteiger partial charge >= 0.3 is 0 Å². The van der Waals surface area contributed by atoms with Crippen LogP contribution in [0.4, 0.5) is 0 Å². The van der Waals surface area contributed by atoms with Crippen LogP contribution < -0.4 is 10.6 Å². The zero-order valence-corrected chi connectivity index (χ0v) is 14.2. The first-order valence-electron chi connectivity index (χ1n) is 7.05. The molecule has 0 atom stereocenters. The third-order valence-corrected chi connectivity index (χ3v) is 4.15. The fourth-order valence-corrected chi connectivity index (χ4v) is 2.75. The van der Waals surface area contributed by atoms with E-state index in [9.17, 15) is 0 Å². The van der Waals surface area contributed by atoms with Crippen molar-refractivity contribution in [1.82, 2.24) is 25.4 Å². The Balaban J connectivity index is 1.93. The Labute approximate surface area is 135 Å². The largest absolute Gasteiger partial charge is 0.352 e. The van der Waals surface area contributed by atoms with Gasteiger partial charge in [-0.25, -0.2) is 4.98 Å². The topological polar surface area (TPSA) is 67.1 Å². The number of thioether (sulfide) groups is 1. The summed E-state index contributed by atoms with van der Waals surface area (Å²) in [5.41, 5.74) is 2.54. The number of benzene rings is 1. The van der Waals surface area contributed by atoms with Crippen LogP contribution in [0.2, 0.25) is 0 Å². The van der Waals surface area contributed by atoms with Crippen molar-refractivity contribution in [2.45, 2.75) is 24.9 Å². The van der Waals surface area contributed by atoms with Crippen LogP contribution in [0.3, 0.4) is 0 Å². The minimum atomic E-state index is 0.583. The maximum absolute atomic E-state index is 4.24. The molecule has 0 aliphatic heterocycles. The molecule has 0 unspecified atom stereocenters. The second-order valence-corrected chi connectivity index (χ2v) is 5.74. The van der Waals surface area contributed by atoms with Crippen molar-refractivity contribution in [2.24, 2.45) is 12.0 Å². The second-order valence-electron chi connectivity index (χ2n) is 4.89. The standard InChI is InChI=1S/C15H22N6S/c1-11-5-6-12(13(7-11)22-4)8-17-15(16-2)18-9-14-19-10-20-21(14)3/h5-7,10H,8-9H2,1-4H3,(H2,16,17,18). The summed E-state index contributed by atoms with van der Waals surface area (Å²) in [5, 5.41) is 10.6. The summed E-state index contributed by atoms with van der Waals surface area (Å²) in [7, 11) is 3.63. The Hall–Kier alpha value is -2.02. The van der Waals surface area contributed by atoms with Crippen LogP contribution in [0.5, 0.6) is 0 Å². The first-order valence-corrected chi connectivity index (χ1v) is 8.27. The van der Waals surface area contributed by atoms with E-state index in [1.54, 1.807) is 29.8 Å². The number of rotatable bonds is 5. The molecule has 0 saturated heterocycles. The van der Waals surface area contributed by atoms with Crippen LogP contribution >= 0.6 is 11.8 Å². The number of guanidine groups is 1. The van der Waals surface area contributed by atoms with E-state index in [4.69, 9.17) is 0 Å². The molecule has 0 aliphatic carbocycles. The van der Waals surface area contributed by atoms with E-state index in [-0.39, 0.29) is 0 Å². The summed E-state index contributed by atoms with van der Waals surface area (Å²) in [4.78, 5) is 9.70. The minimum absolute atomic E-state index is 0.583. The summed E-state index contributed by atoms with van der Waals surface area (Å²) < 4.78 is 1.74. The molecular formula is C15H22N6S. The number of nitrogens with zero attached hydrogens (tertiary/aromatic N) is 4. The Morgan fingerprint density at radius 1 is 1.32 bits per heavy atom. The molecule has 0 fully saturated rings. The number of hydrogen-bond acceptors (Lipinski definition) is 4. The Morgan fingerprint density at radius 3 is 2.73 bits per heavy atom. The zero-order chi connectivity index (χ0) is 15.9. The van der Waals surface area contributed by atoms with Crippen molar-refractivity contribution in [2.75, 3.05) is 13.3 Å². The molecule has 22 heavy (non-hydrogen) atoms. The van der Waals surface area contributed by atoms with E-state index in [1.807, 2.05) is 7.05 Å². The fourth-order valence-electron chi connectivity index (χ4n) is 2.04. The van der Waals surface area contributed by atoms with Crippen molar-refractivity contribution < 1.29 is 0 Å². The zero-order valence-electron chi connectivity index (χ0n) is 13.4. The van der Waals surface area contributed by atoms with Gasteiger partial charge in [0.2, 0.25) is 0 Å². The van der Waals surface area contributed by atoms with Gasteiger partial charge in [-0.3, -0.25) is 9.67 Å². The van der Waals surface area contributed by atoms with Crippen LogP contribution in [-0.2, 0) is 20.1 Å². The van der Waals surface area contributed by atoms with Crippen LogP contribution in [0, 0.1) is 6.92 Å². The molecule has 0 spiro atoms. The molecule has 6 nitrogen and oxygen atoms in total. The molecule has 2 aromatic rings. The lowest BCUT2D eigenvalue weighted by Gasteiger charge is -2.13. The van der Waals surface area contributed by atoms with Crippen molar-refractivity contribution in [1.29, 1.82) is 0 Å². The lowest BCUT2D eigenvalue weighted by molar-refractivity contribution is 0.672. The molecule has 1 heterocycles. The SMILES string of the molecule is CN=C(NCc1ccc(C)cc1SC)NCc1ncnn1C. The molecular weight excluding hydrogens is 296 g/mol. The summed E-state index contributed by atoms with van der Waals surface area (Å²) >= 11 is 1.76. The van der Waals surface area contributed by atoms with Gasteiger partial charge in [-0.1, -0.05) is 12.1 Å². The van der Waals surface area contributed by atoms with E-state index < -0.39 is 0 Å². The maximum atomic E-state index is 4.24. The van der Waals surface area contributed by atoms with E-state index in [1.165, 1.54) is 16.0 Å². The molecule has 0 aliphatic rings. The van der Waals surface area contributed by atoms with Gasteiger partial charge in [0.15, 0.2) is 5.96 Å². The predicted octanol–water partition coefficient (Wildman–Crippen LogP) is 1.71. The van der Waals surface area contributed by atoms with Gasteiger partial charge in [0.05, 0.1) is 6.54 Å². The van der Waals surface area contributed by atoms with E-state index in [0.717, 1.165) is 18.3 Å². The first-order chi connectivity index (χ1) is 10.6. The quantitative estimate of drug-likeness (QED) is 0.499. The minimum Gasteiger partial charge on any atom is -0.352 e. The van der Waals surface area contributed by atoms with Gasteiger partial charge in [0, 0.05) is 25.5 Å². The Bertz CT molecular complexity index is 649. The predicted molar refractivity (Wildman–Crippen MR) is 91.0 cm³/mol. The van der Waals surface area contributed by atoms with Crippen molar-refractivity contribution in [3.05, 3.63) is 41.5 Å². The maximum Gasteiger partial charge on any atom is 0.191 e. The van der Waals surface area contributed by atoms with Crippen LogP contribution in [0.15, 0.2) is 34.4 Å². The van der Waals surface area contributed by atoms with Crippen molar-refractivity contribution in [3.63, 3.8) is 0 Å². The highest BCUT2D eigenvalue weighted by Gasteiger charge is 2.05. The number of aliphatic imine (C=N–C) groups is 1. The third-order valence-electron chi connectivity index (χ3n) is 3.33. The monoisotopic (exact) mass is 318 g/mol. The fraction of sp³-hybridized carbons (Fsp3) is 0.400. The first kappa shape index (κ1) is 16.4. The number of nitrogens with one attached hydrogen (secondary N) is 2. The summed E-state index contributed by atoms with van der Waals surface area (Å²) in [6.07, 6.45) is 3.64. The van der Waals surface area contributed by atoms with Crippen LogP contribution in [0.1, 0.15) is 17.0 Å². The normalized spacial score (nSPS) is 11.5. The van der Waals surface area contributed by atoms with E-state index >= 15 is 0 Å². The molecule has 1 aromatic heterocycles. The molecule has 7 heteroatoms. The van der Waals surface area contributed by atoms with Crippen molar-refractivity contribution >= 4 is 17.7 Å². The molecule has 2 N–H and O–H groups in total. The van der Waals surface area contributed by atoms with Gasteiger partial charge in [-0.15, -0.1) is 11.8 Å². The lowest BCUT2D eigenvalue weighted by Crippen LogP contribution is -2.37. The summed E-state index contributed by atoms with van der Waals surface area (Å²) in [6, 6.07) is 6.49. The number of aromatic nitrogens is 3. The third kappa shape index (κ3) is 4.24. The van der Waals surface area contributed by atoms with Gasteiger partial charge in [0.1, 0.15) is 12.2 Å². The number of aryl methyl sites for hydroxylation is 2. The van der Waals surface area contributed by atoms with Gasteiger partial charge in [-0.05, 0) is 30.4 Å². The number of hydrogen-bond donors (Lipinski definition) is 2. The van der Waals surface area contributed by atoms with Crippen LogP contribution in [-0.4, -0.2) is 34.0 Å². The molecule has 0 radical (unpaired) electrons.